The van der Waals surface area contributed by atoms with Crippen molar-refractivity contribution in [1.82, 2.24) is 0 Å². The van der Waals surface area contributed by atoms with E-state index in [0.717, 1.165) is 17.8 Å². The Bertz CT molecular complexity index is 2130. The minimum absolute atomic E-state index is 0.112. The van der Waals surface area contributed by atoms with Crippen molar-refractivity contribution >= 4 is 17.1 Å². The topological polar surface area (TPSA) is 3.24 Å². The van der Waals surface area contributed by atoms with Gasteiger partial charge in [0.1, 0.15) is 0 Å². The van der Waals surface area contributed by atoms with Crippen LogP contribution in [0, 0.1) is 23.2 Å². The zero-order valence-corrected chi connectivity index (χ0v) is 26.9. The standard InChI is InChI=1S/C46H39N/c1-31-43-30-45(31)27-26-35(29-45)46(43)41-18-10-8-17-39(41)40-25-24-37(28-42(40)46)47(36-22-20-33(21-23-36)32-12-4-2-5-13-32)44-19-11-9-16-38(44)34-14-6-3-7-15-34/h2-25,28,31,35,43H,26-27,29-30H2,1H3/t31?,35-,43+,45+,46?/m0/s1. The van der Waals surface area contributed by atoms with Crippen LogP contribution < -0.4 is 4.90 Å². The Morgan fingerprint density at radius 1 is 0.532 bits per heavy atom. The first-order chi connectivity index (χ1) is 23.2. The quantitative estimate of drug-likeness (QED) is 0.189. The molecule has 5 aliphatic rings. The van der Waals surface area contributed by atoms with Gasteiger partial charge in [-0.3, -0.25) is 0 Å². The highest BCUT2D eigenvalue weighted by atomic mass is 15.1. The van der Waals surface area contributed by atoms with Crippen molar-refractivity contribution in [1.29, 1.82) is 0 Å². The number of nitrogens with zero attached hydrogens (tertiary/aromatic N) is 1. The van der Waals surface area contributed by atoms with Crippen LogP contribution in [-0.4, -0.2) is 0 Å². The summed E-state index contributed by atoms with van der Waals surface area (Å²) in [6.45, 7) is 2.58. The Morgan fingerprint density at radius 2 is 1.15 bits per heavy atom. The molecule has 5 atom stereocenters. The molecule has 0 amide bonds. The van der Waals surface area contributed by atoms with Crippen LogP contribution in [0.2, 0.25) is 0 Å². The van der Waals surface area contributed by atoms with Crippen LogP contribution >= 0.6 is 0 Å². The Balaban J connectivity index is 1.19. The van der Waals surface area contributed by atoms with E-state index in [4.69, 9.17) is 0 Å². The number of benzene rings is 6. The minimum Gasteiger partial charge on any atom is -0.310 e. The van der Waals surface area contributed by atoms with Crippen LogP contribution in [0.3, 0.4) is 0 Å². The van der Waals surface area contributed by atoms with Gasteiger partial charge in [0.25, 0.3) is 0 Å². The first kappa shape index (κ1) is 27.3. The molecule has 228 valence electrons. The van der Waals surface area contributed by atoms with Gasteiger partial charge in [0.2, 0.25) is 0 Å². The predicted octanol–water partition coefficient (Wildman–Crippen LogP) is 12.2. The number of hydrogen-bond acceptors (Lipinski definition) is 1. The molecule has 6 aromatic rings. The van der Waals surface area contributed by atoms with Crippen molar-refractivity contribution < 1.29 is 0 Å². The molecule has 0 aliphatic heterocycles. The monoisotopic (exact) mass is 605 g/mol. The average Bonchev–Trinajstić information content (AvgIpc) is 3.64. The molecule has 1 nitrogen and oxygen atoms in total. The molecule has 0 N–H and O–H groups in total. The first-order valence-electron chi connectivity index (χ1n) is 17.5. The van der Waals surface area contributed by atoms with Gasteiger partial charge >= 0.3 is 0 Å². The molecule has 5 aliphatic carbocycles. The van der Waals surface area contributed by atoms with Crippen LogP contribution in [0.1, 0.15) is 43.7 Å². The molecule has 2 spiro atoms. The fraction of sp³-hybridized carbons (Fsp3) is 0.217. The summed E-state index contributed by atoms with van der Waals surface area (Å²) in [6.07, 6.45) is 5.56. The number of para-hydroxylation sites is 1. The third-order valence-corrected chi connectivity index (χ3v) is 12.9. The summed E-state index contributed by atoms with van der Waals surface area (Å²) in [5.74, 6) is 2.23. The van der Waals surface area contributed by atoms with E-state index < -0.39 is 0 Å². The van der Waals surface area contributed by atoms with Crippen molar-refractivity contribution in [2.24, 2.45) is 23.2 Å². The lowest BCUT2D eigenvalue weighted by atomic mass is 9.39. The van der Waals surface area contributed by atoms with E-state index in [0.29, 0.717) is 5.41 Å². The highest BCUT2D eigenvalue weighted by Gasteiger charge is 2.71. The van der Waals surface area contributed by atoms with E-state index in [1.54, 1.807) is 11.1 Å². The summed E-state index contributed by atoms with van der Waals surface area (Å²) >= 11 is 0. The smallest absolute Gasteiger partial charge is 0.0540 e. The zero-order chi connectivity index (χ0) is 31.2. The summed E-state index contributed by atoms with van der Waals surface area (Å²) in [4.78, 5) is 2.51. The Morgan fingerprint density at radius 3 is 1.91 bits per heavy atom. The van der Waals surface area contributed by atoms with Gasteiger partial charge in [-0.1, -0.05) is 128 Å². The number of fused-ring (bicyclic) bond motifs is 3. The maximum atomic E-state index is 2.61. The molecule has 6 aromatic carbocycles. The maximum absolute atomic E-state index is 2.61. The normalized spacial score (nSPS) is 26.0. The van der Waals surface area contributed by atoms with Crippen LogP contribution in [0.25, 0.3) is 33.4 Å². The average molecular weight is 606 g/mol. The molecule has 1 heteroatoms. The van der Waals surface area contributed by atoms with Crippen molar-refractivity contribution in [2.45, 2.75) is 38.0 Å². The lowest BCUT2D eigenvalue weighted by molar-refractivity contribution is -0.110. The van der Waals surface area contributed by atoms with Crippen molar-refractivity contribution in [2.75, 3.05) is 4.90 Å². The van der Waals surface area contributed by atoms with Gasteiger partial charge in [-0.25, -0.2) is 0 Å². The first-order valence-corrected chi connectivity index (χ1v) is 17.5. The van der Waals surface area contributed by atoms with Gasteiger partial charge in [-0.15, -0.1) is 0 Å². The van der Waals surface area contributed by atoms with Crippen LogP contribution in [0.15, 0.2) is 152 Å². The van der Waals surface area contributed by atoms with Crippen LogP contribution in [-0.2, 0) is 5.41 Å². The molecule has 2 unspecified atom stereocenters. The number of hydrogen-bond donors (Lipinski definition) is 0. The molecular weight excluding hydrogens is 567 g/mol. The summed E-state index contributed by atoms with van der Waals surface area (Å²) in [6, 6.07) is 56.5. The second-order valence-corrected chi connectivity index (χ2v) is 14.7. The minimum atomic E-state index is 0.112. The molecule has 0 aromatic heterocycles. The predicted molar refractivity (Wildman–Crippen MR) is 195 cm³/mol. The fourth-order valence-electron chi connectivity index (χ4n) is 10.8. The fourth-order valence-corrected chi connectivity index (χ4v) is 10.8. The molecule has 0 heterocycles. The van der Waals surface area contributed by atoms with Gasteiger partial charge in [0.05, 0.1) is 5.69 Å². The number of rotatable bonds is 5. The molecule has 11 rings (SSSR count). The van der Waals surface area contributed by atoms with E-state index in [2.05, 4.69) is 163 Å². The molecule has 0 radical (unpaired) electrons. The lowest BCUT2D eigenvalue weighted by Crippen LogP contribution is -2.60. The highest BCUT2D eigenvalue weighted by Crippen LogP contribution is 2.78. The van der Waals surface area contributed by atoms with E-state index >= 15 is 0 Å². The summed E-state index contributed by atoms with van der Waals surface area (Å²) in [5, 5.41) is 0. The Hall–Kier alpha value is -4.88. The highest BCUT2D eigenvalue weighted by molar-refractivity contribution is 5.91. The molecule has 3 bridgehead atoms. The van der Waals surface area contributed by atoms with Gasteiger partial charge < -0.3 is 4.90 Å². The van der Waals surface area contributed by atoms with Gasteiger partial charge in [-0.05, 0) is 118 Å². The lowest BCUT2D eigenvalue weighted by Gasteiger charge is -2.65. The van der Waals surface area contributed by atoms with Crippen LogP contribution in [0.5, 0.6) is 0 Å². The van der Waals surface area contributed by atoms with E-state index in [1.807, 2.05) is 0 Å². The molecular formula is C46H39N. The van der Waals surface area contributed by atoms with Gasteiger partial charge in [0.15, 0.2) is 0 Å². The van der Waals surface area contributed by atoms with Crippen molar-refractivity contribution in [3.05, 3.63) is 163 Å². The van der Waals surface area contributed by atoms with E-state index in [1.165, 1.54) is 76.1 Å². The SMILES string of the molecule is CC1[C@H]2C[C@]13CC[C@@H](C3)C21c2ccccc2-c2ccc(N(c3ccc(-c4ccccc4)cc3)c3ccccc3-c3ccccc3)cc21. The van der Waals surface area contributed by atoms with Crippen molar-refractivity contribution in [3.63, 3.8) is 0 Å². The molecule has 4 saturated carbocycles. The van der Waals surface area contributed by atoms with E-state index in [9.17, 15) is 0 Å². The third-order valence-electron chi connectivity index (χ3n) is 12.9. The third kappa shape index (κ3) is 3.72. The summed E-state index contributed by atoms with van der Waals surface area (Å²) in [7, 11) is 0. The Labute approximate surface area is 278 Å². The maximum Gasteiger partial charge on any atom is 0.0540 e. The molecule has 0 saturated heterocycles. The Kier molecular flexibility index (Phi) is 5.83. The van der Waals surface area contributed by atoms with Gasteiger partial charge in [0, 0.05) is 22.4 Å². The van der Waals surface area contributed by atoms with Crippen molar-refractivity contribution in [3.8, 4) is 33.4 Å². The van der Waals surface area contributed by atoms with Crippen LogP contribution in [0.4, 0.5) is 17.1 Å². The van der Waals surface area contributed by atoms with E-state index in [-0.39, 0.29) is 5.41 Å². The second-order valence-electron chi connectivity index (χ2n) is 14.7. The summed E-state index contributed by atoms with van der Waals surface area (Å²) in [5.41, 5.74) is 15.4. The number of anilines is 3. The summed E-state index contributed by atoms with van der Waals surface area (Å²) < 4.78 is 0. The second kappa shape index (κ2) is 10.1. The van der Waals surface area contributed by atoms with Gasteiger partial charge in [-0.2, -0.15) is 0 Å². The molecule has 47 heavy (non-hydrogen) atoms. The zero-order valence-electron chi connectivity index (χ0n) is 26.9. The molecule has 4 fully saturated rings. The largest absolute Gasteiger partial charge is 0.310 e.